The second kappa shape index (κ2) is 12.9. The van der Waals surface area contributed by atoms with Crippen LogP contribution in [0.1, 0.15) is 60.2 Å². The van der Waals surface area contributed by atoms with E-state index in [1.807, 2.05) is 60.7 Å². The smallest absolute Gasteiger partial charge is 0.307 e. The van der Waals surface area contributed by atoms with Gasteiger partial charge >= 0.3 is 11.9 Å². The Morgan fingerprint density at radius 2 is 1.03 bits per heavy atom. The normalized spacial score (nSPS) is 20.2. The molecule has 0 radical (unpaired) electrons. The highest BCUT2D eigenvalue weighted by molar-refractivity contribution is 7.80. The summed E-state index contributed by atoms with van der Waals surface area (Å²) in [6.07, 6.45) is 4.48. The van der Waals surface area contributed by atoms with Crippen molar-refractivity contribution >= 4 is 37.2 Å². The van der Waals surface area contributed by atoms with E-state index >= 15 is 0 Å². The third kappa shape index (κ3) is 8.21. The van der Waals surface area contributed by atoms with Gasteiger partial charge in [-0.25, -0.2) is 0 Å². The number of ether oxygens (including phenoxy) is 2. The summed E-state index contributed by atoms with van der Waals surface area (Å²) in [5.41, 5.74) is 2.05. The van der Waals surface area contributed by atoms with Gasteiger partial charge in [-0.3, -0.25) is 9.59 Å². The van der Waals surface area contributed by atoms with Gasteiger partial charge in [0.2, 0.25) is 0 Å². The fourth-order valence-corrected chi connectivity index (χ4v) is 4.65. The second-order valence-electron chi connectivity index (χ2n) is 8.51. The van der Waals surface area contributed by atoms with Crippen molar-refractivity contribution in [3.05, 3.63) is 71.8 Å². The molecule has 0 N–H and O–H groups in total. The molecule has 0 spiro atoms. The van der Waals surface area contributed by atoms with Crippen molar-refractivity contribution in [3.8, 4) is 0 Å². The van der Waals surface area contributed by atoms with Crippen LogP contribution in [0.5, 0.6) is 0 Å². The zero-order valence-electron chi connectivity index (χ0n) is 18.3. The minimum absolute atomic E-state index is 0.145. The number of hydrogen-bond acceptors (Lipinski definition) is 6. The zero-order chi connectivity index (χ0) is 22.8. The van der Waals surface area contributed by atoms with E-state index < -0.39 is 0 Å². The van der Waals surface area contributed by atoms with E-state index in [4.69, 9.17) is 9.47 Å². The van der Waals surface area contributed by atoms with Gasteiger partial charge in [-0.05, 0) is 48.6 Å². The number of rotatable bonds is 10. The minimum Gasteiger partial charge on any atom is -0.465 e. The molecule has 1 aliphatic carbocycles. The Labute approximate surface area is 201 Å². The molecule has 2 aromatic carbocycles. The number of carbonyl (C=O) groups is 2. The largest absolute Gasteiger partial charge is 0.465 e. The third-order valence-electron chi connectivity index (χ3n) is 6.02. The Kier molecular flexibility index (Phi) is 10.0. The van der Waals surface area contributed by atoms with Crippen molar-refractivity contribution in [3.63, 3.8) is 0 Å². The average Bonchev–Trinajstić information content (AvgIpc) is 2.83. The maximum atomic E-state index is 12.2. The maximum Gasteiger partial charge on any atom is 0.307 e. The molecule has 0 heterocycles. The van der Waals surface area contributed by atoms with Gasteiger partial charge in [0.05, 0.1) is 26.1 Å². The summed E-state index contributed by atoms with van der Waals surface area (Å²) < 4.78 is 11.0. The quantitative estimate of drug-likeness (QED) is 0.329. The fraction of sp³-hybridized carbons (Fsp3) is 0.462. The SMILES string of the molecule is O=C(CC(S)c1ccccc1)OCC1CCC(COC(=O)CC(S)c2ccccc2)CC1. The molecule has 0 amide bonds. The van der Waals surface area contributed by atoms with Crippen LogP contribution in [0.3, 0.4) is 0 Å². The van der Waals surface area contributed by atoms with Crippen LogP contribution < -0.4 is 0 Å². The van der Waals surface area contributed by atoms with Crippen LogP contribution >= 0.6 is 25.3 Å². The van der Waals surface area contributed by atoms with Crippen molar-refractivity contribution in [2.24, 2.45) is 11.8 Å². The lowest BCUT2D eigenvalue weighted by atomic mass is 9.83. The fourth-order valence-electron chi connectivity index (χ4n) is 4.01. The van der Waals surface area contributed by atoms with Gasteiger partial charge < -0.3 is 9.47 Å². The van der Waals surface area contributed by atoms with E-state index in [0.717, 1.165) is 36.8 Å². The van der Waals surface area contributed by atoms with Crippen LogP contribution in [0.4, 0.5) is 0 Å². The first-order chi connectivity index (χ1) is 15.5. The molecule has 32 heavy (non-hydrogen) atoms. The zero-order valence-corrected chi connectivity index (χ0v) is 20.1. The van der Waals surface area contributed by atoms with E-state index in [2.05, 4.69) is 25.3 Å². The lowest BCUT2D eigenvalue weighted by molar-refractivity contribution is -0.147. The van der Waals surface area contributed by atoms with Gasteiger partial charge in [-0.2, -0.15) is 25.3 Å². The van der Waals surface area contributed by atoms with E-state index in [-0.39, 0.29) is 35.3 Å². The molecule has 1 saturated carbocycles. The summed E-state index contributed by atoms with van der Waals surface area (Å²) in [4.78, 5) is 24.3. The van der Waals surface area contributed by atoms with Crippen molar-refractivity contribution in [1.82, 2.24) is 0 Å². The molecule has 172 valence electrons. The maximum absolute atomic E-state index is 12.2. The molecule has 1 aliphatic rings. The Morgan fingerprint density at radius 3 is 1.38 bits per heavy atom. The molecular weight excluding hydrogens is 440 g/mol. The Hall–Kier alpha value is -1.92. The predicted molar refractivity (Wildman–Crippen MR) is 133 cm³/mol. The molecule has 4 nitrogen and oxygen atoms in total. The van der Waals surface area contributed by atoms with Crippen molar-refractivity contribution in [2.45, 2.75) is 49.0 Å². The Balaban J connectivity index is 1.29. The van der Waals surface area contributed by atoms with Gasteiger partial charge in [0, 0.05) is 10.5 Å². The first-order valence-electron chi connectivity index (χ1n) is 11.3. The molecular formula is C26H32O4S2. The first kappa shape index (κ1) is 24.7. The average molecular weight is 473 g/mol. The molecule has 0 saturated heterocycles. The molecule has 0 aromatic heterocycles. The number of hydrogen-bond donors (Lipinski definition) is 2. The Bertz CT molecular complexity index is 764. The van der Waals surface area contributed by atoms with Crippen molar-refractivity contribution < 1.29 is 19.1 Å². The summed E-state index contributed by atoms with van der Waals surface area (Å²) >= 11 is 9.05. The van der Waals surface area contributed by atoms with Crippen molar-refractivity contribution in [1.29, 1.82) is 0 Å². The van der Waals surface area contributed by atoms with Gasteiger partial charge in [0.1, 0.15) is 0 Å². The number of esters is 2. The molecule has 2 atom stereocenters. The van der Waals surface area contributed by atoms with E-state index in [1.54, 1.807) is 0 Å². The third-order valence-corrected chi connectivity index (χ3v) is 6.98. The van der Waals surface area contributed by atoms with Crippen LogP contribution in [0, 0.1) is 11.8 Å². The predicted octanol–water partition coefficient (Wildman–Crippen LogP) is 6.00. The lowest BCUT2D eigenvalue weighted by Gasteiger charge is -2.28. The molecule has 0 aliphatic heterocycles. The summed E-state index contributed by atoms with van der Waals surface area (Å²) in [5.74, 6) is 0.344. The first-order valence-corrected chi connectivity index (χ1v) is 12.3. The molecule has 3 rings (SSSR count). The summed E-state index contributed by atoms with van der Waals surface area (Å²) in [6.45, 7) is 0.915. The van der Waals surface area contributed by atoms with Crippen LogP contribution in [-0.2, 0) is 19.1 Å². The standard InChI is InChI=1S/C26H32O4S2/c27-25(15-23(31)21-7-3-1-4-8-21)29-17-19-11-13-20(14-12-19)18-30-26(28)16-24(32)22-9-5-2-6-10-22/h1-10,19-20,23-24,31-32H,11-18H2. The van der Waals surface area contributed by atoms with Gasteiger partial charge in [0.15, 0.2) is 0 Å². The number of carbonyl (C=O) groups excluding carboxylic acids is 2. The second-order valence-corrected chi connectivity index (χ2v) is 9.76. The summed E-state index contributed by atoms with van der Waals surface area (Å²) in [6, 6.07) is 19.5. The minimum atomic E-state index is -0.204. The molecule has 2 unspecified atom stereocenters. The monoisotopic (exact) mass is 472 g/mol. The van der Waals surface area contributed by atoms with Crippen molar-refractivity contribution in [2.75, 3.05) is 13.2 Å². The van der Waals surface area contributed by atoms with E-state index in [0.29, 0.717) is 25.0 Å². The van der Waals surface area contributed by atoms with Crippen LogP contribution in [0.2, 0.25) is 0 Å². The molecule has 6 heteroatoms. The molecule has 1 fully saturated rings. The lowest BCUT2D eigenvalue weighted by Crippen LogP contribution is -2.24. The summed E-state index contributed by atoms with van der Waals surface area (Å²) in [7, 11) is 0. The summed E-state index contributed by atoms with van der Waals surface area (Å²) in [5, 5.41) is -0.291. The van der Waals surface area contributed by atoms with Gasteiger partial charge in [0.25, 0.3) is 0 Å². The molecule has 2 aromatic rings. The molecule has 0 bridgehead atoms. The van der Waals surface area contributed by atoms with Gasteiger partial charge in [-0.1, -0.05) is 60.7 Å². The number of thiol groups is 2. The highest BCUT2D eigenvalue weighted by Gasteiger charge is 2.24. The Morgan fingerprint density at radius 1 is 0.688 bits per heavy atom. The highest BCUT2D eigenvalue weighted by Crippen LogP contribution is 2.30. The highest BCUT2D eigenvalue weighted by atomic mass is 32.1. The van der Waals surface area contributed by atoms with Crippen LogP contribution in [0.15, 0.2) is 60.7 Å². The van der Waals surface area contributed by atoms with E-state index in [9.17, 15) is 9.59 Å². The van der Waals surface area contributed by atoms with Crippen LogP contribution in [0.25, 0.3) is 0 Å². The van der Waals surface area contributed by atoms with E-state index in [1.165, 1.54) is 0 Å². The van der Waals surface area contributed by atoms with Crippen LogP contribution in [-0.4, -0.2) is 25.2 Å². The number of benzene rings is 2. The van der Waals surface area contributed by atoms with Gasteiger partial charge in [-0.15, -0.1) is 0 Å². The topological polar surface area (TPSA) is 52.6 Å².